The Morgan fingerprint density at radius 1 is 1.11 bits per heavy atom. The highest BCUT2D eigenvalue weighted by Gasteiger charge is 2.19. The summed E-state index contributed by atoms with van der Waals surface area (Å²) in [5.74, 6) is 1.31. The molecule has 3 nitrogen and oxygen atoms in total. The first-order chi connectivity index (χ1) is 8.90. The molecule has 1 aromatic carbocycles. The van der Waals surface area contributed by atoms with Gasteiger partial charge in [0.05, 0.1) is 5.69 Å². The van der Waals surface area contributed by atoms with Crippen LogP contribution in [-0.4, -0.2) is 9.97 Å². The van der Waals surface area contributed by atoms with Crippen molar-refractivity contribution in [2.45, 2.75) is 39.5 Å². The molecule has 2 rings (SSSR count). The first kappa shape index (κ1) is 13.5. The number of hydrogen-bond donors (Lipinski definition) is 1. The summed E-state index contributed by atoms with van der Waals surface area (Å²) in [6.07, 6.45) is 1.01. The topological polar surface area (TPSA) is 51.8 Å². The van der Waals surface area contributed by atoms with Crippen LogP contribution in [0.5, 0.6) is 0 Å². The standard InChI is InChI=1S/C16H21N3/c1-5-11-7-6-8-12(9-11)13-10-14(17)19-15(18-13)16(2,3)4/h6-10H,5H2,1-4H3,(H2,17,18,19). The molecule has 1 heterocycles. The zero-order chi connectivity index (χ0) is 14.0. The summed E-state index contributed by atoms with van der Waals surface area (Å²) in [5.41, 5.74) is 9.10. The molecule has 0 radical (unpaired) electrons. The van der Waals surface area contributed by atoms with E-state index >= 15 is 0 Å². The van der Waals surface area contributed by atoms with Crippen molar-refractivity contribution >= 4 is 5.82 Å². The maximum Gasteiger partial charge on any atom is 0.136 e. The van der Waals surface area contributed by atoms with Crippen LogP contribution in [0.4, 0.5) is 5.82 Å². The van der Waals surface area contributed by atoms with Crippen molar-refractivity contribution in [1.29, 1.82) is 0 Å². The highest BCUT2D eigenvalue weighted by Crippen LogP contribution is 2.25. The second kappa shape index (κ2) is 5.00. The molecule has 0 aliphatic heterocycles. The van der Waals surface area contributed by atoms with E-state index in [-0.39, 0.29) is 5.41 Å². The first-order valence-electron chi connectivity index (χ1n) is 6.64. The van der Waals surface area contributed by atoms with Crippen LogP contribution in [-0.2, 0) is 11.8 Å². The summed E-state index contributed by atoms with van der Waals surface area (Å²) in [6, 6.07) is 10.2. The largest absolute Gasteiger partial charge is 0.384 e. The Kier molecular flexibility index (Phi) is 3.56. The summed E-state index contributed by atoms with van der Waals surface area (Å²) in [6.45, 7) is 8.42. The van der Waals surface area contributed by atoms with Gasteiger partial charge < -0.3 is 5.73 Å². The average Bonchev–Trinajstić information content (AvgIpc) is 2.37. The molecule has 0 unspecified atom stereocenters. The van der Waals surface area contributed by atoms with E-state index in [1.165, 1.54) is 5.56 Å². The summed E-state index contributed by atoms with van der Waals surface area (Å²) in [7, 11) is 0. The number of nitrogens with two attached hydrogens (primary N) is 1. The lowest BCUT2D eigenvalue weighted by Crippen LogP contribution is -2.17. The van der Waals surface area contributed by atoms with Gasteiger partial charge in [0.25, 0.3) is 0 Å². The number of rotatable bonds is 2. The Morgan fingerprint density at radius 3 is 2.47 bits per heavy atom. The number of aromatic nitrogens is 2. The molecule has 0 aliphatic carbocycles. The van der Waals surface area contributed by atoms with Crippen LogP contribution in [0.2, 0.25) is 0 Å². The Morgan fingerprint density at radius 2 is 1.84 bits per heavy atom. The molecule has 0 fully saturated rings. The van der Waals surface area contributed by atoms with E-state index in [9.17, 15) is 0 Å². The van der Waals surface area contributed by atoms with Crippen LogP contribution in [0, 0.1) is 0 Å². The third kappa shape index (κ3) is 3.11. The van der Waals surface area contributed by atoms with E-state index in [1.807, 2.05) is 6.07 Å². The molecule has 0 saturated heterocycles. The van der Waals surface area contributed by atoms with Gasteiger partial charge >= 0.3 is 0 Å². The number of nitrogens with zero attached hydrogens (tertiary/aromatic N) is 2. The van der Waals surface area contributed by atoms with Crippen molar-refractivity contribution in [1.82, 2.24) is 9.97 Å². The Bertz CT molecular complexity index is 583. The second-order valence-corrected chi connectivity index (χ2v) is 5.81. The van der Waals surface area contributed by atoms with Gasteiger partial charge in [-0.1, -0.05) is 45.9 Å². The molecule has 100 valence electrons. The van der Waals surface area contributed by atoms with Gasteiger partial charge in [0.1, 0.15) is 11.6 Å². The minimum absolute atomic E-state index is 0.105. The Hall–Kier alpha value is -1.90. The van der Waals surface area contributed by atoms with Gasteiger partial charge in [-0.3, -0.25) is 0 Å². The van der Waals surface area contributed by atoms with E-state index in [0.717, 1.165) is 23.5 Å². The average molecular weight is 255 g/mol. The van der Waals surface area contributed by atoms with Gasteiger partial charge in [-0.15, -0.1) is 0 Å². The van der Waals surface area contributed by atoms with Gasteiger partial charge in [0.2, 0.25) is 0 Å². The van der Waals surface area contributed by atoms with E-state index in [4.69, 9.17) is 5.73 Å². The van der Waals surface area contributed by atoms with Crippen LogP contribution >= 0.6 is 0 Å². The zero-order valence-corrected chi connectivity index (χ0v) is 12.1. The number of anilines is 1. The molecular formula is C16H21N3. The molecule has 0 amide bonds. The molecule has 2 N–H and O–H groups in total. The molecule has 0 saturated carbocycles. The van der Waals surface area contributed by atoms with E-state index in [2.05, 4.69) is 61.9 Å². The molecule has 0 bridgehead atoms. The van der Waals surface area contributed by atoms with Gasteiger partial charge in [-0.2, -0.15) is 0 Å². The highest BCUT2D eigenvalue weighted by molar-refractivity contribution is 5.62. The van der Waals surface area contributed by atoms with Gasteiger partial charge in [-0.25, -0.2) is 9.97 Å². The lowest BCUT2D eigenvalue weighted by molar-refractivity contribution is 0.547. The fraction of sp³-hybridized carbons (Fsp3) is 0.375. The fourth-order valence-corrected chi connectivity index (χ4v) is 1.90. The molecule has 0 aliphatic rings. The zero-order valence-electron chi connectivity index (χ0n) is 12.1. The predicted molar refractivity (Wildman–Crippen MR) is 80.0 cm³/mol. The lowest BCUT2D eigenvalue weighted by Gasteiger charge is -2.18. The number of nitrogen functional groups attached to an aromatic ring is 1. The minimum atomic E-state index is -0.105. The van der Waals surface area contributed by atoms with Crippen molar-refractivity contribution in [3.8, 4) is 11.3 Å². The number of hydrogen-bond acceptors (Lipinski definition) is 3. The highest BCUT2D eigenvalue weighted by atomic mass is 15.0. The summed E-state index contributed by atoms with van der Waals surface area (Å²) in [5, 5.41) is 0. The molecule has 19 heavy (non-hydrogen) atoms. The molecular weight excluding hydrogens is 234 g/mol. The third-order valence-electron chi connectivity index (χ3n) is 3.05. The number of benzene rings is 1. The van der Waals surface area contributed by atoms with Crippen LogP contribution in [0.3, 0.4) is 0 Å². The Labute approximate surface area is 114 Å². The van der Waals surface area contributed by atoms with Crippen LogP contribution < -0.4 is 5.73 Å². The third-order valence-corrected chi connectivity index (χ3v) is 3.05. The minimum Gasteiger partial charge on any atom is -0.384 e. The van der Waals surface area contributed by atoms with Crippen molar-refractivity contribution in [2.24, 2.45) is 0 Å². The lowest BCUT2D eigenvalue weighted by atomic mass is 9.95. The van der Waals surface area contributed by atoms with Crippen LogP contribution in [0.15, 0.2) is 30.3 Å². The maximum absolute atomic E-state index is 5.91. The van der Waals surface area contributed by atoms with Crippen LogP contribution in [0.1, 0.15) is 39.1 Å². The van der Waals surface area contributed by atoms with Gasteiger partial charge in [0, 0.05) is 17.0 Å². The molecule has 0 atom stereocenters. The predicted octanol–water partition coefficient (Wildman–Crippen LogP) is 3.59. The van der Waals surface area contributed by atoms with Crippen molar-refractivity contribution < 1.29 is 0 Å². The molecule has 0 spiro atoms. The molecule has 1 aromatic heterocycles. The SMILES string of the molecule is CCc1cccc(-c2cc(N)nc(C(C)(C)C)n2)c1. The van der Waals surface area contributed by atoms with E-state index in [1.54, 1.807) is 0 Å². The number of aryl methyl sites for hydroxylation is 1. The van der Waals surface area contributed by atoms with Gasteiger partial charge in [0.15, 0.2) is 0 Å². The van der Waals surface area contributed by atoms with E-state index < -0.39 is 0 Å². The van der Waals surface area contributed by atoms with Gasteiger partial charge in [-0.05, 0) is 18.1 Å². The second-order valence-electron chi connectivity index (χ2n) is 5.81. The first-order valence-corrected chi connectivity index (χ1v) is 6.64. The molecule has 2 aromatic rings. The molecule has 3 heteroatoms. The smallest absolute Gasteiger partial charge is 0.136 e. The summed E-state index contributed by atoms with van der Waals surface area (Å²) in [4.78, 5) is 9.00. The summed E-state index contributed by atoms with van der Waals surface area (Å²) >= 11 is 0. The van der Waals surface area contributed by atoms with E-state index in [0.29, 0.717) is 5.82 Å². The maximum atomic E-state index is 5.91. The van der Waals surface area contributed by atoms with Crippen LogP contribution in [0.25, 0.3) is 11.3 Å². The van der Waals surface area contributed by atoms with Crippen molar-refractivity contribution in [2.75, 3.05) is 5.73 Å². The fourth-order valence-electron chi connectivity index (χ4n) is 1.90. The monoisotopic (exact) mass is 255 g/mol. The van der Waals surface area contributed by atoms with Crippen molar-refractivity contribution in [3.05, 3.63) is 41.7 Å². The normalized spacial score (nSPS) is 11.6. The van der Waals surface area contributed by atoms with Crippen molar-refractivity contribution in [3.63, 3.8) is 0 Å². The summed E-state index contributed by atoms with van der Waals surface area (Å²) < 4.78 is 0. The quantitative estimate of drug-likeness (QED) is 0.892. The Balaban J connectivity index is 2.53.